The minimum absolute atomic E-state index is 0.0267. The first-order valence-corrected chi connectivity index (χ1v) is 14.0. The third kappa shape index (κ3) is 20.3. The zero-order valence-corrected chi connectivity index (χ0v) is 22.5. The molecule has 0 aromatic rings. The summed E-state index contributed by atoms with van der Waals surface area (Å²) >= 11 is 0. The number of ether oxygens (including phenoxy) is 2. The van der Waals surface area contributed by atoms with Gasteiger partial charge in [0, 0.05) is 26.2 Å². The number of hydrogen-bond acceptors (Lipinski definition) is 6. The first-order valence-electron chi connectivity index (χ1n) is 14.0. The average Bonchev–Trinajstić information content (AvgIpc) is 2.81. The van der Waals surface area contributed by atoms with Gasteiger partial charge in [-0.25, -0.2) is 4.79 Å². The van der Waals surface area contributed by atoms with Crippen LogP contribution in [0.4, 0.5) is 4.79 Å². The number of likely N-dealkylation sites (N-methyl/N-ethyl adjacent to an activating group) is 1. The minimum Gasteiger partial charge on any atom is -0.433 e. The van der Waals surface area contributed by atoms with Crippen LogP contribution in [-0.2, 0) is 9.47 Å². The Morgan fingerprint density at radius 3 is 1.76 bits per heavy atom. The second kappa shape index (κ2) is 24.3. The summed E-state index contributed by atoms with van der Waals surface area (Å²) in [6.07, 6.45) is 15.0. The highest BCUT2D eigenvalue weighted by Crippen LogP contribution is 2.17. The monoisotopic (exact) mass is 472 g/mol. The Kier molecular flexibility index (Phi) is 23.7. The van der Waals surface area contributed by atoms with Crippen molar-refractivity contribution >= 4 is 6.16 Å². The summed E-state index contributed by atoms with van der Waals surface area (Å²) in [6, 6.07) is 0. The maximum absolute atomic E-state index is 12.3. The Bertz CT molecular complexity index is 419. The topological polar surface area (TPSA) is 62.2 Å². The second-order valence-corrected chi connectivity index (χ2v) is 9.19. The van der Waals surface area contributed by atoms with Gasteiger partial charge in [0.2, 0.25) is 0 Å². The van der Waals surface area contributed by atoms with E-state index in [2.05, 4.69) is 37.5 Å². The summed E-state index contributed by atoms with van der Waals surface area (Å²) in [5.74, 6) is 0. The molecule has 0 rings (SSSR count). The lowest BCUT2D eigenvalue weighted by Crippen LogP contribution is -2.38. The van der Waals surface area contributed by atoms with Crippen molar-refractivity contribution in [2.24, 2.45) is 0 Å². The number of rotatable bonds is 24. The Morgan fingerprint density at radius 1 is 0.697 bits per heavy atom. The van der Waals surface area contributed by atoms with E-state index in [0.717, 1.165) is 51.9 Å². The predicted molar refractivity (Wildman–Crippen MR) is 139 cm³/mol. The number of aliphatic hydroxyl groups excluding tert-OH is 1. The Hall–Kier alpha value is -0.850. The lowest BCUT2D eigenvalue weighted by atomic mass is 10.0. The van der Waals surface area contributed by atoms with E-state index < -0.39 is 6.16 Å². The fraction of sp³-hybridized carbons (Fsp3) is 0.963. The normalized spacial score (nSPS) is 12.5. The molecule has 6 nitrogen and oxygen atoms in total. The average molecular weight is 473 g/mol. The van der Waals surface area contributed by atoms with E-state index >= 15 is 0 Å². The van der Waals surface area contributed by atoms with Crippen molar-refractivity contribution in [1.29, 1.82) is 0 Å². The zero-order valence-electron chi connectivity index (χ0n) is 22.5. The first-order chi connectivity index (χ1) is 16.1. The van der Waals surface area contributed by atoms with Crippen molar-refractivity contribution in [3.8, 4) is 0 Å². The van der Waals surface area contributed by atoms with Crippen LogP contribution in [-0.4, -0.2) is 79.6 Å². The van der Waals surface area contributed by atoms with E-state index in [-0.39, 0.29) is 12.7 Å². The molecule has 0 heterocycles. The van der Waals surface area contributed by atoms with Crippen molar-refractivity contribution in [1.82, 2.24) is 9.80 Å². The van der Waals surface area contributed by atoms with Crippen molar-refractivity contribution in [3.63, 3.8) is 0 Å². The molecule has 0 aliphatic heterocycles. The van der Waals surface area contributed by atoms with E-state index in [0.29, 0.717) is 19.7 Å². The smallest absolute Gasteiger partial charge is 0.433 e. The fourth-order valence-electron chi connectivity index (χ4n) is 4.12. The molecule has 0 aliphatic carbocycles. The molecule has 6 heteroatoms. The number of carbonyl (C=O) groups excluding carboxylic acids is 1. The molecule has 0 bridgehead atoms. The lowest BCUT2D eigenvalue weighted by Gasteiger charge is -2.25. The van der Waals surface area contributed by atoms with Gasteiger partial charge in [0.15, 0.2) is 0 Å². The minimum atomic E-state index is -0.536. The largest absolute Gasteiger partial charge is 0.508 e. The summed E-state index contributed by atoms with van der Waals surface area (Å²) in [6.45, 7) is 14.3. The third-order valence-corrected chi connectivity index (χ3v) is 6.44. The molecule has 1 unspecified atom stereocenters. The predicted octanol–water partition coefficient (Wildman–Crippen LogP) is 6.26. The molecule has 0 fully saturated rings. The molecule has 0 amide bonds. The maximum atomic E-state index is 12.3. The summed E-state index contributed by atoms with van der Waals surface area (Å²) in [5.41, 5.74) is 0. The van der Waals surface area contributed by atoms with Crippen LogP contribution >= 0.6 is 0 Å². The van der Waals surface area contributed by atoms with Crippen molar-refractivity contribution in [2.45, 2.75) is 117 Å². The fourth-order valence-corrected chi connectivity index (χ4v) is 4.12. The molecule has 0 saturated heterocycles. The van der Waals surface area contributed by atoms with Gasteiger partial charge in [-0.3, -0.25) is 4.90 Å². The second-order valence-electron chi connectivity index (χ2n) is 9.19. The van der Waals surface area contributed by atoms with E-state index in [4.69, 9.17) is 9.47 Å². The molecule has 33 heavy (non-hydrogen) atoms. The summed E-state index contributed by atoms with van der Waals surface area (Å²) in [5, 5.41) is 9.34. The van der Waals surface area contributed by atoms with Crippen molar-refractivity contribution < 1.29 is 19.4 Å². The van der Waals surface area contributed by atoms with Crippen LogP contribution in [0.1, 0.15) is 111 Å². The summed E-state index contributed by atoms with van der Waals surface area (Å²) < 4.78 is 11.1. The van der Waals surface area contributed by atoms with Gasteiger partial charge in [0.25, 0.3) is 0 Å². The van der Waals surface area contributed by atoms with Crippen LogP contribution in [0, 0.1) is 0 Å². The van der Waals surface area contributed by atoms with Crippen molar-refractivity contribution in [3.05, 3.63) is 0 Å². The highest BCUT2D eigenvalue weighted by molar-refractivity contribution is 5.60. The molecule has 0 radical (unpaired) electrons. The number of nitrogens with zero attached hydrogens (tertiary/aromatic N) is 2. The zero-order chi connectivity index (χ0) is 24.6. The Labute approximate surface area is 205 Å². The molecule has 1 N–H and O–H groups in total. The van der Waals surface area contributed by atoms with Crippen LogP contribution in [0.25, 0.3) is 0 Å². The van der Waals surface area contributed by atoms with Crippen LogP contribution in [0.3, 0.4) is 0 Å². The quantitative estimate of drug-likeness (QED) is 0.132. The maximum Gasteiger partial charge on any atom is 0.508 e. The highest BCUT2D eigenvalue weighted by Gasteiger charge is 2.16. The molecule has 1 atom stereocenters. The van der Waals surface area contributed by atoms with E-state index in [9.17, 15) is 9.90 Å². The number of unbranched alkanes of at least 4 members (excludes halogenated alkanes) is 9. The van der Waals surface area contributed by atoms with Gasteiger partial charge >= 0.3 is 6.16 Å². The molecule has 0 saturated carbocycles. The number of aliphatic hydroxyl groups is 1. The van der Waals surface area contributed by atoms with Gasteiger partial charge in [-0.1, -0.05) is 85.5 Å². The molecule has 198 valence electrons. The van der Waals surface area contributed by atoms with Crippen LogP contribution < -0.4 is 0 Å². The van der Waals surface area contributed by atoms with Gasteiger partial charge in [-0.05, 0) is 38.8 Å². The van der Waals surface area contributed by atoms with Crippen LogP contribution in [0.2, 0.25) is 0 Å². The van der Waals surface area contributed by atoms with E-state index in [1.54, 1.807) is 0 Å². The molecule has 0 aromatic heterocycles. The van der Waals surface area contributed by atoms with Gasteiger partial charge in [-0.15, -0.1) is 0 Å². The Morgan fingerprint density at radius 2 is 1.21 bits per heavy atom. The molecular formula is C27H56N2O4. The number of carbonyl (C=O) groups is 1. The van der Waals surface area contributed by atoms with Gasteiger partial charge in [0.05, 0.1) is 6.61 Å². The van der Waals surface area contributed by atoms with Gasteiger partial charge in [-0.2, -0.15) is 0 Å². The molecule has 0 aromatic carbocycles. The van der Waals surface area contributed by atoms with Crippen LogP contribution in [0.15, 0.2) is 0 Å². The lowest BCUT2D eigenvalue weighted by molar-refractivity contribution is 0.0110. The molecule has 0 aliphatic rings. The van der Waals surface area contributed by atoms with Gasteiger partial charge < -0.3 is 19.5 Å². The summed E-state index contributed by atoms with van der Waals surface area (Å²) in [7, 11) is 0. The van der Waals surface area contributed by atoms with Crippen LogP contribution in [0.5, 0.6) is 0 Å². The molecular weight excluding hydrogens is 416 g/mol. The summed E-state index contributed by atoms with van der Waals surface area (Å²) in [4.78, 5) is 16.8. The third-order valence-electron chi connectivity index (χ3n) is 6.44. The van der Waals surface area contributed by atoms with Gasteiger partial charge in [0.1, 0.15) is 12.7 Å². The Balaban J connectivity index is 4.31. The van der Waals surface area contributed by atoms with E-state index in [1.807, 2.05) is 0 Å². The highest BCUT2D eigenvalue weighted by atomic mass is 16.7. The SMILES string of the molecule is CCCCCCCCCC(CCCCCC)OC(=O)OCCN(CCO)CCN(CC)CC. The number of hydrogen-bond donors (Lipinski definition) is 1. The first kappa shape index (κ1) is 32.1. The molecule has 0 spiro atoms. The van der Waals surface area contributed by atoms with Crippen molar-refractivity contribution in [2.75, 3.05) is 52.5 Å². The van der Waals surface area contributed by atoms with E-state index in [1.165, 1.54) is 57.8 Å². The standard InChI is InChI=1S/C27H56N2O4/c1-5-9-11-13-14-15-17-19-26(18-16-12-10-6-2)33-27(31)32-25-23-29(22-24-30)21-20-28(7-3)8-4/h26,30H,5-25H2,1-4H3.